The number of benzene rings is 1. The number of carbonyl (C=O) groups excluding carboxylic acids is 1. The van der Waals surface area contributed by atoms with Crippen molar-refractivity contribution in [3.05, 3.63) is 28.0 Å². The fourth-order valence-electron chi connectivity index (χ4n) is 1.79. The monoisotopic (exact) mass is 399 g/mol. The van der Waals surface area contributed by atoms with Crippen molar-refractivity contribution in [2.75, 3.05) is 0 Å². The van der Waals surface area contributed by atoms with Gasteiger partial charge in [0, 0.05) is 16.7 Å². The first-order valence-corrected chi connectivity index (χ1v) is 9.51. The van der Waals surface area contributed by atoms with Gasteiger partial charge in [-0.25, -0.2) is 12.8 Å². The SMILES string of the molecule is CCCCC(C)NC(=O)c1cc(F)cc(S(=O)(=O)Cl)c1Br. The van der Waals surface area contributed by atoms with Crippen LogP contribution in [0.25, 0.3) is 0 Å². The first-order valence-electron chi connectivity index (χ1n) is 6.41. The molecule has 0 radical (unpaired) electrons. The van der Waals surface area contributed by atoms with Crippen LogP contribution < -0.4 is 5.32 Å². The third-order valence-electron chi connectivity index (χ3n) is 2.88. The molecular formula is C13H16BrClFNO3S. The van der Waals surface area contributed by atoms with Crippen molar-refractivity contribution in [2.45, 2.75) is 44.0 Å². The van der Waals surface area contributed by atoms with E-state index in [-0.39, 0.29) is 16.1 Å². The number of hydrogen-bond donors (Lipinski definition) is 1. The van der Waals surface area contributed by atoms with Crippen molar-refractivity contribution in [1.82, 2.24) is 5.32 Å². The lowest BCUT2D eigenvalue weighted by Gasteiger charge is -2.15. The summed E-state index contributed by atoms with van der Waals surface area (Å²) in [6.45, 7) is 3.87. The summed E-state index contributed by atoms with van der Waals surface area (Å²) in [5.41, 5.74) is -0.0995. The normalized spacial score (nSPS) is 13.0. The van der Waals surface area contributed by atoms with Crippen LogP contribution in [0.4, 0.5) is 4.39 Å². The molecule has 1 rings (SSSR count). The van der Waals surface area contributed by atoms with Gasteiger partial charge < -0.3 is 5.32 Å². The van der Waals surface area contributed by atoms with Crippen LogP contribution in [-0.4, -0.2) is 20.4 Å². The van der Waals surface area contributed by atoms with Gasteiger partial charge in [0.25, 0.3) is 15.0 Å². The van der Waals surface area contributed by atoms with Gasteiger partial charge >= 0.3 is 0 Å². The van der Waals surface area contributed by atoms with Crippen LogP contribution in [0.1, 0.15) is 43.5 Å². The Hall–Kier alpha value is -0.660. The fourth-order valence-corrected chi connectivity index (χ4v) is 4.06. The molecule has 4 nitrogen and oxygen atoms in total. The summed E-state index contributed by atoms with van der Waals surface area (Å²) in [5.74, 6) is -1.39. The smallest absolute Gasteiger partial charge is 0.262 e. The number of carbonyl (C=O) groups is 1. The molecule has 0 spiro atoms. The molecule has 8 heteroatoms. The molecule has 0 aliphatic carbocycles. The second-order valence-corrected chi connectivity index (χ2v) is 8.05. The van der Waals surface area contributed by atoms with Crippen LogP contribution in [-0.2, 0) is 9.05 Å². The van der Waals surface area contributed by atoms with Gasteiger partial charge in [0.05, 0.1) is 10.0 Å². The topological polar surface area (TPSA) is 63.2 Å². The van der Waals surface area contributed by atoms with E-state index >= 15 is 0 Å². The summed E-state index contributed by atoms with van der Waals surface area (Å²) >= 11 is 3.00. The Morgan fingerprint density at radius 3 is 2.62 bits per heavy atom. The molecule has 1 aromatic rings. The maximum absolute atomic E-state index is 13.5. The molecular weight excluding hydrogens is 385 g/mol. The fraction of sp³-hybridized carbons (Fsp3) is 0.462. The number of amides is 1. The van der Waals surface area contributed by atoms with Crippen molar-refractivity contribution in [2.24, 2.45) is 0 Å². The molecule has 21 heavy (non-hydrogen) atoms. The number of nitrogens with one attached hydrogen (secondary N) is 1. The lowest BCUT2D eigenvalue weighted by Crippen LogP contribution is -2.32. The van der Waals surface area contributed by atoms with Gasteiger partial charge in [0.1, 0.15) is 10.7 Å². The number of unbranched alkanes of at least 4 members (excludes halogenated alkanes) is 1. The number of hydrogen-bond acceptors (Lipinski definition) is 3. The number of halogens is 3. The predicted molar refractivity (Wildman–Crippen MR) is 83.6 cm³/mol. The van der Waals surface area contributed by atoms with Crippen LogP contribution in [0.5, 0.6) is 0 Å². The minimum absolute atomic E-state index is 0.0425. The van der Waals surface area contributed by atoms with Crippen LogP contribution >= 0.6 is 26.6 Å². The van der Waals surface area contributed by atoms with Crippen molar-refractivity contribution < 1.29 is 17.6 Å². The summed E-state index contributed by atoms with van der Waals surface area (Å²) in [4.78, 5) is 11.7. The summed E-state index contributed by atoms with van der Waals surface area (Å²) < 4.78 is 36.2. The summed E-state index contributed by atoms with van der Waals surface area (Å²) in [6, 6.07) is 1.64. The second kappa shape index (κ2) is 7.56. The summed E-state index contributed by atoms with van der Waals surface area (Å²) in [6.07, 6.45) is 2.74. The van der Waals surface area contributed by atoms with Gasteiger partial charge in [-0.1, -0.05) is 19.8 Å². The average molecular weight is 401 g/mol. The molecule has 0 fully saturated rings. The second-order valence-electron chi connectivity index (χ2n) is 4.72. The third-order valence-corrected chi connectivity index (χ3v) is 5.34. The van der Waals surface area contributed by atoms with E-state index in [1.54, 1.807) is 0 Å². The Balaban J connectivity index is 3.08. The zero-order valence-corrected chi connectivity index (χ0v) is 14.8. The van der Waals surface area contributed by atoms with Crippen molar-refractivity contribution in [1.29, 1.82) is 0 Å². The van der Waals surface area contributed by atoms with E-state index in [0.717, 1.165) is 31.4 Å². The predicted octanol–water partition coefficient (Wildman–Crippen LogP) is 3.82. The van der Waals surface area contributed by atoms with Crippen molar-refractivity contribution in [3.8, 4) is 0 Å². The molecule has 0 heterocycles. The Morgan fingerprint density at radius 1 is 1.48 bits per heavy atom. The van der Waals surface area contributed by atoms with Gasteiger partial charge in [0.15, 0.2) is 0 Å². The lowest BCUT2D eigenvalue weighted by atomic mass is 10.1. The summed E-state index contributed by atoms with van der Waals surface area (Å²) in [7, 11) is 1.08. The van der Waals surface area contributed by atoms with Crippen LogP contribution in [0.15, 0.2) is 21.5 Å². The molecule has 0 aromatic heterocycles. The largest absolute Gasteiger partial charge is 0.350 e. The molecule has 1 aromatic carbocycles. The summed E-state index contributed by atoms with van der Waals surface area (Å²) in [5, 5.41) is 2.70. The third kappa shape index (κ3) is 5.23. The Bertz CT molecular complexity index is 637. The van der Waals surface area contributed by atoms with Crippen LogP contribution in [0, 0.1) is 5.82 Å². The highest BCUT2D eigenvalue weighted by molar-refractivity contribution is 9.10. The van der Waals surface area contributed by atoms with E-state index in [2.05, 4.69) is 21.2 Å². The van der Waals surface area contributed by atoms with Crippen LogP contribution in [0.3, 0.4) is 0 Å². The highest BCUT2D eigenvalue weighted by atomic mass is 79.9. The molecule has 0 aliphatic rings. The first kappa shape index (κ1) is 18.4. The van der Waals surface area contributed by atoms with Crippen molar-refractivity contribution >= 4 is 41.6 Å². The van der Waals surface area contributed by atoms with Crippen molar-refractivity contribution in [3.63, 3.8) is 0 Å². The molecule has 0 saturated heterocycles. The van der Waals surface area contributed by atoms with Gasteiger partial charge in [-0.3, -0.25) is 4.79 Å². The van der Waals surface area contributed by atoms with Gasteiger partial charge in [-0.15, -0.1) is 0 Å². The minimum Gasteiger partial charge on any atom is -0.350 e. The number of rotatable bonds is 6. The van der Waals surface area contributed by atoms with E-state index in [1.165, 1.54) is 0 Å². The van der Waals surface area contributed by atoms with E-state index in [0.29, 0.717) is 0 Å². The van der Waals surface area contributed by atoms with Crippen LogP contribution in [0.2, 0.25) is 0 Å². The molecule has 0 bridgehead atoms. The molecule has 0 saturated carbocycles. The van der Waals surface area contributed by atoms with Gasteiger partial charge in [0.2, 0.25) is 0 Å². The average Bonchev–Trinajstić information content (AvgIpc) is 2.37. The zero-order valence-electron chi connectivity index (χ0n) is 11.6. The highest BCUT2D eigenvalue weighted by Gasteiger charge is 2.23. The zero-order chi connectivity index (χ0) is 16.2. The molecule has 1 atom stereocenters. The van der Waals surface area contributed by atoms with Gasteiger partial charge in [-0.05, 0) is 41.4 Å². The minimum atomic E-state index is -4.15. The molecule has 0 aliphatic heterocycles. The quantitative estimate of drug-likeness (QED) is 0.738. The van der Waals surface area contributed by atoms with E-state index in [1.807, 2.05) is 13.8 Å². The Morgan fingerprint density at radius 2 is 2.10 bits per heavy atom. The molecule has 1 unspecified atom stereocenters. The Labute approximate surface area is 136 Å². The van der Waals surface area contributed by atoms with E-state index < -0.39 is 25.7 Å². The standard InChI is InChI=1S/C13H16BrClFNO3S/c1-3-4-5-8(2)17-13(18)10-6-9(16)7-11(12(10)14)21(15,19)20/h6-8H,3-5H2,1-2H3,(H,17,18). The molecule has 1 N–H and O–H groups in total. The lowest BCUT2D eigenvalue weighted by molar-refractivity contribution is 0.0936. The molecule has 118 valence electrons. The van der Waals surface area contributed by atoms with Gasteiger partial charge in [-0.2, -0.15) is 0 Å². The Kier molecular flexibility index (Phi) is 6.62. The van der Waals surface area contributed by atoms with E-state index in [9.17, 15) is 17.6 Å². The maximum Gasteiger partial charge on any atom is 0.262 e. The first-order chi connectivity index (χ1) is 9.66. The molecule has 1 amide bonds. The van der Waals surface area contributed by atoms with E-state index in [4.69, 9.17) is 10.7 Å². The highest BCUT2D eigenvalue weighted by Crippen LogP contribution is 2.29. The maximum atomic E-state index is 13.5.